The molecular weight excluding hydrogens is 392 g/mol. The zero-order valence-corrected chi connectivity index (χ0v) is 18.0. The highest BCUT2D eigenvalue weighted by molar-refractivity contribution is 7.89. The highest BCUT2D eigenvalue weighted by atomic mass is 32.2. The second-order valence-electron chi connectivity index (χ2n) is 6.78. The van der Waals surface area contributed by atoms with Crippen molar-refractivity contribution in [2.75, 3.05) is 31.2 Å². The first-order valence-electron chi connectivity index (χ1n) is 9.91. The van der Waals surface area contributed by atoms with Crippen LogP contribution in [-0.4, -0.2) is 44.7 Å². The lowest BCUT2D eigenvalue weighted by molar-refractivity contribution is 0.317. The minimum absolute atomic E-state index is 0.00360. The van der Waals surface area contributed by atoms with Gasteiger partial charge in [0.1, 0.15) is 28.0 Å². The maximum Gasteiger partial charge on any atom is 0.244 e. The van der Waals surface area contributed by atoms with E-state index in [1.165, 1.54) is 6.07 Å². The van der Waals surface area contributed by atoms with Crippen LogP contribution in [0.15, 0.2) is 29.2 Å². The minimum atomic E-state index is -3.81. The number of aromatic nitrogens is 2. The van der Waals surface area contributed by atoms with Gasteiger partial charge in [-0.2, -0.15) is 0 Å². The maximum atomic E-state index is 12.9. The smallest absolute Gasteiger partial charge is 0.244 e. The Morgan fingerprint density at radius 1 is 1.07 bits per heavy atom. The fourth-order valence-corrected chi connectivity index (χ4v) is 4.38. The van der Waals surface area contributed by atoms with Gasteiger partial charge >= 0.3 is 0 Å². The molecule has 8 nitrogen and oxygen atoms in total. The Morgan fingerprint density at radius 2 is 1.79 bits per heavy atom. The molecule has 1 aliphatic heterocycles. The zero-order valence-electron chi connectivity index (χ0n) is 17.1. The van der Waals surface area contributed by atoms with E-state index < -0.39 is 10.0 Å². The van der Waals surface area contributed by atoms with E-state index in [-0.39, 0.29) is 17.2 Å². The van der Waals surface area contributed by atoms with E-state index in [9.17, 15) is 8.42 Å². The van der Waals surface area contributed by atoms with Crippen molar-refractivity contribution in [1.82, 2.24) is 14.7 Å². The van der Waals surface area contributed by atoms with Crippen LogP contribution in [0.1, 0.15) is 38.2 Å². The van der Waals surface area contributed by atoms with Crippen molar-refractivity contribution >= 4 is 15.8 Å². The zero-order chi connectivity index (χ0) is 20.9. The van der Waals surface area contributed by atoms with E-state index in [1.807, 2.05) is 19.9 Å². The molecule has 1 aromatic heterocycles. The van der Waals surface area contributed by atoms with Crippen molar-refractivity contribution in [3.63, 3.8) is 0 Å². The molecule has 0 bridgehead atoms. The van der Waals surface area contributed by atoms with Gasteiger partial charge in [0, 0.05) is 30.9 Å². The SMILES string of the molecule is CCOc1ccc(S(=O)(=O)NCc2nc(C)cc(N3CCCC3)n2)c(OCC)c1. The van der Waals surface area contributed by atoms with Crippen LogP contribution in [-0.2, 0) is 16.6 Å². The number of rotatable bonds is 9. The van der Waals surface area contributed by atoms with Gasteiger partial charge in [-0.05, 0) is 45.7 Å². The Kier molecular flexibility index (Phi) is 6.92. The Balaban J connectivity index is 1.79. The van der Waals surface area contributed by atoms with Crippen LogP contribution >= 0.6 is 0 Å². The number of nitrogens with zero attached hydrogens (tertiary/aromatic N) is 3. The van der Waals surface area contributed by atoms with Gasteiger partial charge < -0.3 is 14.4 Å². The summed E-state index contributed by atoms with van der Waals surface area (Å²) in [6.45, 7) is 8.32. The molecule has 0 spiro atoms. The molecule has 1 fully saturated rings. The van der Waals surface area contributed by atoms with Gasteiger partial charge in [0.2, 0.25) is 10.0 Å². The third-order valence-corrected chi connectivity index (χ3v) is 5.99. The van der Waals surface area contributed by atoms with Crippen molar-refractivity contribution < 1.29 is 17.9 Å². The fourth-order valence-electron chi connectivity index (χ4n) is 3.27. The molecule has 158 valence electrons. The molecule has 1 aliphatic rings. The highest BCUT2D eigenvalue weighted by Gasteiger charge is 2.21. The van der Waals surface area contributed by atoms with Crippen LogP contribution in [0.2, 0.25) is 0 Å². The van der Waals surface area contributed by atoms with Crippen molar-refractivity contribution in [3.8, 4) is 11.5 Å². The fraction of sp³-hybridized carbons (Fsp3) is 0.500. The van der Waals surface area contributed by atoms with E-state index >= 15 is 0 Å². The van der Waals surface area contributed by atoms with Crippen molar-refractivity contribution in [1.29, 1.82) is 0 Å². The third kappa shape index (κ3) is 5.36. The number of aryl methyl sites for hydroxylation is 1. The van der Waals surface area contributed by atoms with Crippen LogP contribution < -0.4 is 19.1 Å². The van der Waals surface area contributed by atoms with Crippen LogP contribution in [0.3, 0.4) is 0 Å². The quantitative estimate of drug-likeness (QED) is 0.666. The van der Waals surface area contributed by atoms with Gasteiger partial charge in [-0.1, -0.05) is 0 Å². The molecule has 0 unspecified atom stereocenters. The Bertz CT molecular complexity index is 943. The number of nitrogens with one attached hydrogen (secondary N) is 1. The van der Waals surface area contributed by atoms with Gasteiger partial charge in [0.15, 0.2) is 0 Å². The highest BCUT2D eigenvalue weighted by Crippen LogP contribution is 2.29. The van der Waals surface area contributed by atoms with Crippen molar-refractivity contribution in [2.45, 2.75) is 45.1 Å². The topological polar surface area (TPSA) is 93.7 Å². The Hall–Kier alpha value is -2.39. The summed E-state index contributed by atoms with van der Waals surface area (Å²) in [6.07, 6.45) is 2.28. The summed E-state index contributed by atoms with van der Waals surface area (Å²) in [4.78, 5) is 11.2. The number of hydrogen-bond donors (Lipinski definition) is 1. The molecule has 3 rings (SSSR count). The molecule has 9 heteroatoms. The molecule has 29 heavy (non-hydrogen) atoms. The van der Waals surface area contributed by atoms with E-state index in [0.717, 1.165) is 37.4 Å². The number of benzene rings is 1. The van der Waals surface area contributed by atoms with Crippen molar-refractivity contribution in [3.05, 3.63) is 35.8 Å². The molecule has 0 aliphatic carbocycles. The summed E-state index contributed by atoms with van der Waals surface area (Å²) < 4.78 is 39.4. The lowest BCUT2D eigenvalue weighted by Gasteiger charge is -2.18. The number of anilines is 1. The molecule has 0 radical (unpaired) electrons. The first-order valence-corrected chi connectivity index (χ1v) is 11.4. The van der Waals surface area contributed by atoms with E-state index in [0.29, 0.717) is 24.8 Å². The van der Waals surface area contributed by atoms with Gasteiger partial charge in [0.25, 0.3) is 0 Å². The molecule has 0 atom stereocenters. The lowest BCUT2D eigenvalue weighted by atomic mass is 10.3. The standard InChI is InChI=1S/C20H28N4O4S/c1-4-27-16-8-9-18(17(13-16)28-5-2)29(25,26)21-14-19-22-15(3)12-20(23-19)24-10-6-7-11-24/h8-9,12-13,21H,4-7,10-11,14H2,1-3H3. The third-order valence-electron chi connectivity index (χ3n) is 4.55. The summed E-state index contributed by atoms with van der Waals surface area (Å²) in [6, 6.07) is 6.64. The first kappa shape index (κ1) is 21.3. The number of sulfonamides is 1. The number of ether oxygens (including phenoxy) is 2. The molecule has 2 aromatic rings. The summed E-state index contributed by atoms with van der Waals surface area (Å²) in [5.41, 5.74) is 0.812. The van der Waals surface area contributed by atoms with Gasteiger partial charge in [0.05, 0.1) is 19.8 Å². The van der Waals surface area contributed by atoms with Gasteiger partial charge in [-0.3, -0.25) is 0 Å². The first-order chi connectivity index (χ1) is 13.9. The molecule has 1 N–H and O–H groups in total. The molecule has 1 saturated heterocycles. The summed E-state index contributed by atoms with van der Waals surface area (Å²) in [7, 11) is -3.81. The normalized spacial score (nSPS) is 14.2. The largest absolute Gasteiger partial charge is 0.494 e. The summed E-state index contributed by atoms with van der Waals surface area (Å²) in [5.74, 6) is 2.11. The monoisotopic (exact) mass is 420 g/mol. The van der Waals surface area contributed by atoms with Crippen LogP contribution in [0.5, 0.6) is 11.5 Å². The van der Waals surface area contributed by atoms with E-state index in [1.54, 1.807) is 19.1 Å². The van der Waals surface area contributed by atoms with E-state index in [4.69, 9.17) is 9.47 Å². The molecular formula is C20H28N4O4S. The lowest BCUT2D eigenvalue weighted by Crippen LogP contribution is -2.26. The second-order valence-corrected chi connectivity index (χ2v) is 8.51. The van der Waals surface area contributed by atoms with Gasteiger partial charge in [-0.15, -0.1) is 0 Å². The van der Waals surface area contributed by atoms with Crippen LogP contribution in [0.25, 0.3) is 0 Å². The van der Waals surface area contributed by atoms with Crippen LogP contribution in [0, 0.1) is 6.92 Å². The number of hydrogen-bond acceptors (Lipinski definition) is 7. The average Bonchev–Trinajstić information content (AvgIpc) is 3.22. The van der Waals surface area contributed by atoms with E-state index in [2.05, 4.69) is 19.6 Å². The summed E-state index contributed by atoms with van der Waals surface area (Å²) in [5, 5.41) is 0. The second kappa shape index (κ2) is 9.41. The predicted molar refractivity (Wildman–Crippen MR) is 111 cm³/mol. The Morgan fingerprint density at radius 3 is 2.48 bits per heavy atom. The summed E-state index contributed by atoms with van der Waals surface area (Å²) >= 11 is 0. The molecule has 0 saturated carbocycles. The van der Waals surface area contributed by atoms with Crippen molar-refractivity contribution in [2.24, 2.45) is 0 Å². The average molecular weight is 421 g/mol. The predicted octanol–water partition coefficient (Wildman–Crippen LogP) is 2.66. The minimum Gasteiger partial charge on any atom is -0.494 e. The molecule has 0 amide bonds. The van der Waals surface area contributed by atoms with Gasteiger partial charge in [-0.25, -0.2) is 23.1 Å². The van der Waals surface area contributed by atoms with Crippen LogP contribution in [0.4, 0.5) is 5.82 Å². The molecule has 1 aromatic carbocycles. The Labute approximate surface area is 172 Å². The molecule has 2 heterocycles. The maximum absolute atomic E-state index is 12.9.